The van der Waals surface area contributed by atoms with Crippen LogP contribution >= 0.6 is 0 Å². The van der Waals surface area contributed by atoms with E-state index in [0.717, 1.165) is 5.52 Å². The van der Waals surface area contributed by atoms with Gasteiger partial charge in [0.2, 0.25) is 0 Å². The summed E-state index contributed by atoms with van der Waals surface area (Å²) in [4.78, 5) is 12.6. The van der Waals surface area contributed by atoms with Gasteiger partial charge < -0.3 is 9.47 Å². The predicted molar refractivity (Wildman–Crippen MR) is 78.2 cm³/mol. The molecule has 0 amide bonds. The largest absolute Gasteiger partial charge is 0.493 e. The molecule has 0 aliphatic heterocycles. The number of carbonyl (C=O) groups is 1. The van der Waals surface area contributed by atoms with E-state index in [4.69, 9.17) is 9.47 Å². The van der Waals surface area contributed by atoms with E-state index in [-0.39, 0.29) is 5.78 Å². The predicted octanol–water partition coefficient (Wildman–Crippen LogP) is 2.58. The van der Waals surface area contributed by atoms with Crippen molar-refractivity contribution in [2.45, 2.75) is 0 Å². The van der Waals surface area contributed by atoms with Crippen molar-refractivity contribution in [1.29, 1.82) is 0 Å². The Balaban J connectivity index is 2.06. The first-order valence-electron chi connectivity index (χ1n) is 6.43. The van der Waals surface area contributed by atoms with Gasteiger partial charge in [-0.25, -0.2) is 4.52 Å². The fraction of sp³-hybridized carbons (Fsp3) is 0.125. The van der Waals surface area contributed by atoms with E-state index in [1.807, 2.05) is 18.2 Å². The van der Waals surface area contributed by atoms with E-state index in [1.54, 1.807) is 49.3 Å². The summed E-state index contributed by atoms with van der Waals surface area (Å²) >= 11 is 0. The van der Waals surface area contributed by atoms with Crippen molar-refractivity contribution in [3.05, 3.63) is 59.9 Å². The van der Waals surface area contributed by atoms with Crippen molar-refractivity contribution in [3.8, 4) is 11.5 Å². The zero-order valence-electron chi connectivity index (χ0n) is 11.7. The summed E-state index contributed by atoms with van der Waals surface area (Å²) in [6.07, 6.45) is 3.38. The van der Waals surface area contributed by atoms with Gasteiger partial charge in [-0.3, -0.25) is 4.79 Å². The van der Waals surface area contributed by atoms with Gasteiger partial charge in [-0.05, 0) is 30.3 Å². The summed E-state index contributed by atoms with van der Waals surface area (Å²) < 4.78 is 12.1. The highest BCUT2D eigenvalue weighted by Gasteiger charge is 2.16. The molecule has 0 aliphatic rings. The van der Waals surface area contributed by atoms with Crippen LogP contribution in [0.5, 0.6) is 11.5 Å². The van der Waals surface area contributed by atoms with Crippen LogP contribution in [0, 0.1) is 0 Å². The van der Waals surface area contributed by atoms with E-state index < -0.39 is 0 Å². The Labute approximate surface area is 121 Å². The Bertz CT molecular complexity index is 808. The lowest BCUT2D eigenvalue weighted by Crippen LogP contribution is -2.02. The van der Waals surface area contributed by atoms with Gasteiger partial charge in [0.05, 0.1) is 31.5 Å². The highest BCUT2D eigenvalue weighted by molar-refractivity contribution is 6.13. The zero-order chi connectivity index (χ0) is 14.8. The monoisotopic (exact) mass is 282 g/mol. The molecule has 0 unspecified atom stereocenters. The van der Waals surface area contributed by atoms with Gasteiger partial charge in [0.25, 0.3) is 0 Å². The Morgan fingerprint density at radius 3 is 2.67 bits per heavy atom. The van der Waals surface area contributed by atoms with Crippen molar-refractivity contribution in [2.75, 3.05) is 14.2 Å². The molecule has 0 fully saturated rings. The number of rotatable bonds is 4. The van der Waals surface area contributed by atoms with Crippen LogP contribution in [0.15, 0.2) is 48.8 Å². The third-order valence-corrected chi connectivity index (χ3v) is 3.32. The Kier molecular flexibility index (Phi) is 3.31. The minimum atomic E-state index is -0.0999. The molecule has 0 N–H and O–H groups in total. The lowest BCUT2D eigenvalue weighted by atomic mass is 10.0. The van der Waals surface area contributed by atoms with Gasteiger partial charge in [-0.1, -0.05) is 6.07 Å². The molecule has 5 nitrogen and oxygen atoms in total. The molecule has 0 spiro atoms. The second kappa shape index (κ2) is 5.28. The van der Waals surface area contributed by atoms with Crippen LogP contribution in [0.4, 0.5) is 0 Å². The molecular weight excluding hydrogens is 268 g/mol. The van der Waals surface area contributed by atoms with Gasteiger partial charge in [-0.15, -0.1) is 0 Å². The third-order valence-electron chi connectivity index (χ3n) is 3.32. The number of methoxy groups -OCH3 is 2. The standard InChI is InChI=1S/C16H14N2O3/c1-20-14-7-6-11(9-15(14)21-2)16(19)12-10-17-18-8-4-3-5-13(12)18/h3-10H,1-2H3. The lowest BCUT2D eigenvalue weighted by Gasteiger charge is -2.08. The molecule has 5 heteroatoms. The minimum Gasteiger partial charge on any atom is -0.493 e. The van der Waals surface area contributed by atoms with Gasteiger partial charge >= 0.3 is 0 Å². The molecule has 3 rings (SSSR count). The quantitative estimate of drug-likeness (QED) is 0.690. The first-order valence-corrected chi connectivity index (χ1v) is 6.43. The number of hydrogen-bond acceptors (Lipinski definition) is 4. The fourth-order valence-electron chi connectivity index (χ4n) is 2.24. The molecule has 0 radical (unpaired) electrons. The van der Waals surface area contributed by atoms with Gasteiger partial charge in [0.1, 0.15) is 0 Å². The normalized spacial score (nSPS) is 10.6. The maximum atomic E-state index is 12.6. The SMILES string of the molecule is COc1ccc(C(=O)c2cnn3ccccc23)cc1OC. The summed E-state index contributed by atoms with van der Waals surface area (Å²) in [6, 6.07) is 10.7. The third kappa shape index (κ3) is 2.23. The average Bonchev–Trinajstić information content (AvgIpc) is 2.97. The average molecular weight is 282 g/mol. The lowest BCUT2D eigenvalue weighted by molar-refractivity contribution is 0.104. The summed E-state index contributed by atoms with van der Waals surface area (Å²) in [5.41, 5.74) is 1.87. The molecule has 0 atom stereocenters. The zero-order valence-corrected chi connectivity index (χ0v) is 11.7. The molecule has 3 aromatic rings. The summed E-state index contributed by atoms with van der Waals surface area (Å²) in [7, 11) is 3.10. The molecule has 0 aliphatic carbocycles. The highest BCUT2D eigenvalue weighted by Crippen LogP contribution is 2.29. The number of fused-ring (bicyclic) bond motifs is 1. The number of ether oxygens (including phenoxy) is 2. The Morgan fingerprint density at radius 1 is 1.10 bits per heavy atom. The maximum Gasteiger partial charge on any atom is 0.196 e. The summed E-state index contributed by atoms with van der Waals surface area (Å²) in [5, 5.41) is 4.18. The second-order valence-corrected chi connectivity index (χ2v) is 4.49. The molecule has 106 valence electrons. The van der Waals surface area contributed by atoms with Gasteiger partial charge in [0, 0.05) is 11.8 Å². The second-order valence-electron chi connectivity index (χ2n) is 4.49. The molecule has 0 bridgehead atoms. The fourth-order valence-corrected chi connectivity index (χ4v) is 2.24. The van der Waals surface area contributed by atoms with E-state index in [9.17, 15) is 4.79 Å². The molecule has 0 saturated carbocycles. The van der Waals surface area contributed by atoms with Gasteiger partial charge in [-0.2, -0.15) is 5.10 Å². The van der Waals surface area contributed by atoms with E-state index in [2.05, 4.69) is 5.10 Å². The minimum absolute atomic E-state index is 0.0999. The van der Waals surface area contributed by atoms with Crippen LogP contribution in [-0.4, -0.2) is 29.6 Å². The van der Waals surface area contributed by atoms with Crippen LogP contribution in [0.1, 0.15) is 15.9 Å². The smallest absolute Gasteiger partial charge is 0.196 e. The molecule has 2 aromatic heterocycles. The number of hydrogen-bond donors (Lipinski definition) is 0. The van der Waals surface area contributed by atoms with Crippen LogP contribution in [-0.2, 0) is 0 Å². The Morgan fingerprint density at radius 2 is 1.90 bits per heavy atom. The van der Waals surface area contributed by atoms with Crippen molar-refractivity contribution < 1.29 is 14.3 Å². The number of aromatic nitrogens is 2. The van der Waals surface area contributed by atoms with Gasteiger partial charge in [0.15, 0.2) is 17.3 Å². The number of benzene rings is 1. The maximum absolute atomic E-state index is 12.6. The number of pyridine rings is 1. The highest BCUT2D eigenvalue weighted by atomic mass is 16.5. The van der Waals surface area contributed by atoms with E-state index >= 15 is 0 Å². The van der Waals surface area contributed by atoms with Crippen molar-refractivity contribution in [2.24, 2.45) is 0 Å². The number of carbonyl (C=O) groups excluding carboxylic acids is 1. The Hall–Kier alpha value is -2.82. The van der Waals surface area contributed by atoms with Crippen LogP contribution in [0.2, 0.25) is 0 Å². The van der Waals surface area contributed by atoms with E-state index in [1.165, 1.54) is 0 Å². The topological polar surface area (TPSA) is 52.8 Å². The molecule has 0 saturated heterocycles. The molecule has 1 aromatic carbocycles. The first-order chi connectivity index (χ1) is 10.2. The van der Waals surface area contributed by atoms with Crippen molar-refractivity contribution in [1.82, 2.24) is 9.61 Å². The summed E-state index contributed by atoms with van der Waals surface area (Å²) in [5.74, 6) is 1.02. The van der Waals surface area contributed by atoms with Crippen molar-refractivity contribution >= 4 is 11.3 Å². The van der Waals surface area contributed by atoms with Crippen LogP contribution in [0.3, 0.4) is 0 Å². The van der Waals surface area contributed by atoms with Crippen LogP contribution < -0.4 is 9.47 Å². The molecule has 21 heavy (non-hydrogen) atoms. The van der Waals surface area contributed by atoms with Crippen LogP contribution in [0.25, 0.3) is 5.52 Å². The molecular formula is C16H14N2O3. The summed E-state index contributed by atoms with van der Waals surface area (Å²) in [6.45, 7) is 0. The first kappa shape index (κ1) is 13.2. The number of nitrogens with zero attached hydrogens (tertiary/aromatic N) is 2. The number of ketones is 1. The van der Waals surface area contributed by atoms with E-state index in [0.29, 0.717) is 22.6 Å². The molecule has 2 heterocycles. The van der Waals surface area contributed by atoms with Crippen molar-refractivity contribution in [3.63, 3.8) is 0 Å².